The second kappa shape index (κ2) is 8.14. The first-order valence-corrected chi connectivity index (χ1v) is 9.49. The molecule has 160 valence electrons. The molecular formula is C24H16F3N3O2. The van der Waals surface area contributed by atoms with Crippen molar-refractivity contribution in [3.05, 3.63) is 95.3 Å². The molecule has 0 radical (unpaired) electrons. The zero-order valence-corrected chi connectivity index (χ0v) is 16.5. The summed E-state index contributed by atoms with van der Waals surface area (Å²) in [6.07, 6.45) is 1.79. The van der Waals surface area contributed by atoms with Crippen molar-refractivity contribution in [1.82, 2.24) is 9.97 Å². The molecule has 4 aromatic rings. The number of benzene rings is 2. The van der Waals surface area contributed by atoms with E-state index in [2.05, 4.69) is 9.97 Å². The number of fused-ring (bicyclic) bond motifs is 1. The summed E-state index contributed by atoms with van der Waals surface area (Å²) in [5, 5.41) is 0.796. The molecule has 2 aromatic carbocycles. The van der Waals surface area contributed by atoms with E-state index in [9.17, 15) is 22.8 Å². The van der Waals surface area contributed by atoms with Gasteiger partial charge in [-0.05, 0) is 29.8 Å². The monoisotopic (exact) mass is 435 g/mol. The van der Waals surface area contributed by atoms with E-state index in [0.29, 0.717) is 11.2 Å². The maximum Gasteiger partial charge on any atom is 0.416 e. The first kappa shape index (κ1) is 21.0. The molecule has 5 nitrogen and oxygen atoms in total. The van der Waals surface area contributed by atoms with Gasteiger partial charge in [-0.25, -0.2) is 4.98 Å². The Morgan fingerprint density at radius 3 is 2.16 bits per heavy atom. The summed E-state index contributed by atoms with van der Waals surface area (Å²) in [6.45, 7) is 0. The second-order valence-electron chi connectivity index (χ2n) is 7.08. The SMILES string of the molecule is NC(=O)C=Cc1c[nH]c2ncc(-c3ccc(C(=O)c4ccc(C(F)(F)F)cc4)cc3)cc12. The third-order valence-corrected chi connectivity index (χ3v) is 4.95. The Kier molecular flexibility index (Phi) is 5.36. The van der Waals surface area contributed by atoms with Crippen LogP contribution in [0.4, 0.5) is 13.2 Å². The molecule has 0 atom stereocenters. The highest BCUT2D eigenvalue weighted by Gasteiger charge is 2.30. The highest BCUT2D eigenvalue weighted by molar-refractivity contribution is 6.09. The number of amides is 1. The molecule has 32 heavy (non-hydrogen) atoms. The van der Waals surface area contributed by atoms with Crippen LogP contribution in [0.1, 0.15) is 27.0 Å². The summed E-state index contributed by atoms with van der Waals surface area (Å²) in [4.78, 5) is 31.0. The molecule has 4 rings (SSSR count). The number of pyridine rings is 1. The number of rotatable bonds is 5. The number of carbonyl (C=O) groups is 2. The molecule has 0 fully saturated rings. The van der Waals surface area contributed by atoms with Gasteiger partial charge in [0.2, 0.25) is 5.91 Å². The third kappa shape index (κ3) is 4.29. The first-order chi connectivity index (χ1) is 15.2. The van der Waals surface area contributed by atoms with Gasteiger partial charge >= 0.3 is 6.18 Å². The molecular weight excluding hydrogens is 419 g/mol. The fourth-order valence-electron chi connectivity index (χ4n) is 3.28. The molecule has 0 saturated heterocycles. The van der Waals surface area contributed by atoms with Gasteiger partial charge in [-0.3, -0.25) is 9.59 Å². The molecule has 0 spiro atoms. The Morgan fingerprint density at radius 2 is 1.56 bits per heavy atom. The summed E-state index contributed by atoms with van der Waals surface area (Å²) < 4.78 is 38.1. The van der Waals surface area contributed by atoms with Crippen LogP contribution in [0.15, 0.2) is 73.1 Å². The van der Waals surface area contributed by atoms with Crippen LogP contribution in [0.5, 0.6) is 0 Å². The van der Waals surface area contributed by atoms with Crippen LogP contribution >= 0.6 is 0 Å². The van der Waals surface area contributed by atoms with E-state index in [-0.39, 0.29) is 11.3 Å². The van der Waals surface area contributed by atoms with Gasteiger partial charge in [0, 0.05) is 46.1 Å². The molecule has 0 bridgehead atoms. The minimum atomic E-state index is -4.45. The smallest absolute Gasteiger partial charge is 0.366 e. The Labute approximate surface area is 180 Å². The van der Waals surface area contributed by atoms with Gasteiger partial charge in [0.15, 0.2) is 5.78 Å². The third-order valence-electron chi connectivity index (χ3n) is 4.95. The summed E-state index contributed by atoms with van der Waals surface area (Å²) >= 11 is 0. The topological polar surface area (TPSA) is 88.8 Å². The van der Waals surface area contributed by atoms with Gasteiger partial charge in [-0.2, -0.15) is 13.2 Å². The van der Waals surface area contributed by atoms with Crippen molar-refractivity contribution >= 4 is 28.8 Å². The average Bonchev–Trinajstić information content (AvgIpc) is 3.19. The lowest BCUT2D eigenvalue weighted by molar-refractivity contribution is -0.137. The predicted molar refractivity (Wildman–Crippen MR) is 115 cm³/mol. The van der Waals surface area contributed by atoms with Crippen molar-refractivity contribution in [3.63, 3.8) is 0 Å². The number of nitrogens with zero attached hydrogens (tertiary/aromatic N) is 1. The van der Waals surface area contributed by atoms with E-state index in [1.54, 1.807) is 42.7 Å². The Hall–Kier alpha value is -4.20. The zero-order valence-electron chi connectivity index (χ0n) is 16.5. The van der Waals surface area contributed by atoms with Gasteiger partial charge in [-0.1, -0.05) is 36.4 Å². The number of carbonyl (C=O) groups excluding carboxylic acids is 2. The lowest BCUT2D eigenvalue weighted by Gasteiger charge is -2.08. The number of H-pyrrole nitrogens is 1. The lowest BCUT2D eigenvalue weighted by atomic mass is 9.99. The molecule has 2 heterocycles. The largest absolute Gasteiger partial charge is 0.416 e. The number of halogens is 3. The van der Waals surface area contributed by atoms with Crippen molar-refractivity contribution in [2.24, 2.45) is 5.73 Å². The standard InChI is InChI=1S/C24H16F3N3O2/c25-24(26,27)19-8-5-16(6-9-19)22(32)15-3-1-14(2-4-15)18-11-20-17(7-10-21(28)31)12-29-23(20)30-13-18/h1-13H,(H2,28,31)(H,29,30). The fraction of sp³-hybridized carbons (Fsp3) is 0.0417. The van der Waals surface area contributed by atoms with Crippen molar-refractivity contribution in [1.29, 1.82) is 0 Å². The summed E-state index contributed by atoms with van der Waals surface area (Å²) in [6, 6.07) is 12.7. The number of ketones is 1. The van der Waals surface area contributed by atoms with E-state index in [4.69, 9.17) is 5.73 Å². The normalized spacial score (nSPS) is 11.8. The fourth-order valence-corrected chi connectivity index (χ4v) is 3.28. The minimum absolute atomic E-state index is 0.173. The predicted octanol–water partition coefficient (Wildman–Crippen LogP) is 4.98. The van der Waals surface area contributed by atoms with Crippen LogP contribution in [0, 0.1) is 0 Å². The minimum Gasteiger partial charge on any atom is -0.366 e. The molecule has 0 unspecified atom stereocenters. The number of primary amides is 1. The zero-order chi connectivity index (χ0) is 22.9. The number of aromatic amines is 1. The summed E-state index contributed by atoms with van der Waals surface area (Å²) in [5.41, 5.74) is 7.87. The van der Waals surface area contributed by atoms with Crippen molar-refractivity contribution in [2.45, 2.75) is 6.18 Å². The van der Waals surface area contributed by atoms with Crippen LogP contribution < -0.4 is 5.73 Å². The van der Waals surface area contributed by atoms with E-state index >= 15 is 0 Å². The highest BCUT2D eigenvalue weighted by atomic mass is 19.4. The number of hydrogen-bond acceptors (Lipinski definition) is 3. The van der Waals surface area contributed by atoms with Crippen molar-refractivity contribution < 1.29 is 22.8 Å². The Bertz CT molecular complexity index is 1340. The second-order valence-corrected chi connectivity index (χ2v) is 7.08. The number of hydrogen-bond donors (Lipinski definition) is 2. The van der Waals surface area contributed by atoms with Gasteiger partial charge in [-0.15, -0.1) is 0 Å². The molecule has 3 N–H and O–H groups in total. The molecule has 0 aliphatic carbocycles. The van der Waals surface area contributed by atoms with Crippen LogP contribution in [0.3, 0.4) is 0 Å². The Balaban J connectivity index is 1.59. The maximum absolute atomic E-state index is 12.7. The summed E-state index contributed by atoms with van der Waals surface area (Å²) in [7, 11) is 0. The maximum atomic E-state index is 12.7. The van der Waals surface area contributed by atoms with Gasteiger partial charge in [0.05, 0.1) is 5.56 Å². The summed E-state index contributed by atoms with van der Waals surface area (Å²) in [5.74, 6) is -0.930. The number of nitrogens with two attached hydrogens (primary N) is 1. The van der Waals surface area contributed by atoms with Gasteiger partial charge in [0.25, 0.3) is 0 Å². The van der Waals surface area contributed by atoms with Crippen LogP contribution in [0.2, 0.25) is 0 Å². The molecule has 2 aromatic heterocycles. The van der Waals surface area contributed by atoms with Gasteiger partial charge < -0.3 is 10.7 Å². The quantitative estimate of drug-likeness (QED) is 0.342. The van der Waals surface area contributed by atoms with E-state index in [1.165, 1.54) is 18.2 Å². The molecule has 8 heteroatoms. The molecule has 1 amide bonds. The first-order valence-electron chi connectivity index (χ1n) is 9.49. The van der Waals surface area contributed by atoms with E-state index in [0.717, 1.165) is 34.2 Å². The number of nitrogens with one attached hydrogen (secondary N) is 1. The Morgan fingerprint density at radius 1 is 0.938 bits per heavy atom. The van der Waals surface area contributed by atoms with Crippen molar-refractivity contribution in [3.8, 4) is 11.1 Å². The number of aromatic nitrogens is 2. The molecule has 0 saturated carbocycles. The van der Waals surface area contributed by atoms with Crippen molar-refractivity contribution in [2.75, 3.05) is 0 Å². The average molecular weight is 435 g/mol. The molecule has 0 aliphatic heterocycles. The van der Waals surface area contributed by atoms with Crippen LogP contribution in [-0.4, -0.2) is 21.7 Å². The van der Waals surface area contributed by atoms with Gasteiger partial charge in [0.1, 0.15) is 5.65 Å². The highest BCUT2D eigenvalue weighted by Crippen LogP contribution is 2.30. The van der Waals surface area contributed by atoms with E-state index < -0.39 is 17.6 Å². The van der Waals surface area contributed by atoms with Crippen LogP contribution in [0.25, 0.3) is 28.2 Å². The lowest BCUT2D eigenvalue weighted by Crippen LogP contribution is -2.06. The van der Waals surface area contributed by atoms with Crippen LogP contribution in [-0.2, 0) is 11.0 Å². The number of alkyl halides is 3. The molecule has 0 aliphatic rings. The van der Waals surface area contributed by atoms with E-state index in [1.807, 2.05) is 6.07 Å².